The van der Waals surface area contributed by atoms with Gasteiger partial charge in [-0.3, -0.25) is 19.3 Å². The van der Waals surface area contributed by atoms with E-state index < -0.39 is 17.7 Å². The van der Waals surface area contributed by atoms with Crippen LogP contribution < -0.4 is 15.4 Å². The third-order valence-electron chi connectivity index (χ3n) is 9.48. The quantitative estimate of drug-likeness (QED) is 0.320. The standard InChI is InChI=1S/C35H48N4O6.ClH/c1-4-5-18-39-33(42)30(31(40)26-14-21-44-22-15-26)37-34(43)35(39)16-19-38(20-17-35)23-25-6-10-28(11-7-25)45-29-12-8-27(9-13-29)36-32(41)24(2)3;/h6-13,24,26,30-31,40H,4-5,14-23H2,1-3H3,(H,36,41)(H,37,43);1H/t30-,31-;/m1./s1. The van der Waals surface area contributed by atoms with Crippen molar-refractivity contribution in [2.24, 2.45) is 11.8 Å². The number of carbonyl (C=O) groups excluding carboxylic acids is 3. The molecule has 3 aliphatic heterocycles. The number of benzene rings is 2. The Labute approximate surface area is 278 Å². The fraction of sp³-hybridized carbons (Fsp3) is 0.571. The molecule has 2 atom stereocenters. The van der Waals surface area contributed by atoms with Crippen LogP contribution in [0.25, 0.3) is 0 Å². The molecule has 46 heavy (non-hydrogen) atoms. The van der Waals surface area contributed by atoms with Crippen LogP contribution in [0, 0.1) is 11.8 Å². The van der Waals surface area contributed by atoms with Gasteiger partial charge < -0.3 is 30.1 Å². The van der Waals surface area contributed by atoms with Gasteiger partial charge in [-0.25, -0.2) is 0 Å². The van der Waals surface area contributed by atoms with E-state index in [-0.39, 0.29) is 42.0 Å². The second kappa shape index (κ2) is 16.1. The minimum Gasteiger partial charge on any atom is -0.457 e. The number of piperazine rings is 1. The molecule has 0 aliphatic carbocycles. The minimum absolute atomic E-state index is 0. The number of aliphatic hydroxyl groups excluding tert-OH is 1. The third kappa shape index (κ3) is 8.20. The number of nitrogens with zero attached hydrogens (tertiary/aromatic N) is 2. The number of aliphatic hydroxyl groups is 1. The van der Waals surface area contributed by atoms with E-state index in [9.17, 15) is 19.5 Å². The van der Waals surface area contributed by atoms with Crippen molar-refractivity contribution in [3.05, 3.63) is 54.1 Å². The lowest BCUT2D eigenvalue weighted by atomic mass is 9.79. The Bertz CT molecular complexity index is 1310. The number of carbonyl (C=O) groups is 3. The Morgan fingerprint density at radius 1 is 1.04 bits per heavy atom. The normalized spacial score (nSPS) is 21.1. The summed E-state index contributed by atoms with van der Waals surface area (Å²) < 4.78 is 11.4. The Morgan fingerprint density at radius 2 is 1.65 bits per heavy atom. The van der Waals surface area contributed by atoms with Gasteiger partial charge in [0.2, 0.25) is 17.7 Å². The van der Waals surface area contributed by atoms with Crippen LogP contribution in [-0.2, 0) is 25.7 Å². The molecule has 0 radical (unpaired) electrons. The summed E-state index contributed by atoms with van der Waals surface area (Å²) >= 11 is 0. The molecule has 0 bridgehead atoms. The molecular weight excluding hydrogens is 608 g/mol. The molecule has 3 heterocycles. The second-order valence-electron chi connectivity index (χ2n) is 13.0. The first kappa shape index (κ1) is 35.7. The molecule has 1 spiro atoms. The SMILES string of the molecule is CCCCN1C(=O)[C@@H]([C@H](O)C2CCOCC2)NC(=O)C12CCN(Cc1ccc(Oc3ccc(NC(=O)C(C)C)cc3)cc1)CC2.Cl. The first-order valence-electron chi connectivity index (χ1n) is 16.5. The van der Waals surface area contributed by atoms with Gasteiger partial charge in [-0.1, -0.05) is 39.3 Å². The first-order valence-corrected chi connectivity index (χ1v) is 16.5. The smallest absolute Gasteiger partial charge is 0.248 e. The molecule has 0 unspecified atom stereocenters. The van der Waals surface area contributed by atoms with Gasteiger partial charge in [0.1, 0.15) is 23.1 Å². The van der Waals surface area contributed by atoms with E-state index in [4.69, 9.17) is 9.47 Å². The molecule has 3 saturated heterocycles. The minimum atomic E-state index is -0.907. The van der Waals surface area contributed by atoms with Gasteiger partial charge in [0, 0.05) is 51.0 Å². The van der Waals surface area contributed by atoms with Gasteiger partial charge in [-0.05, 0) is 80.0 Å². The molecule has 0 saturated carbocycles. The van der Waals surface area contributed by atoms with Gasteiger partial charge in [0.25, 0.3) is 0 Å². The van der Waals surface area contributed by atoms with Crippen molar-refractivity contribution in [2.75, 3.05) is 38.2 Å². The van der Waals surface area contributed by atoms with E-state index in [0.717, 1.165) is 36.4 Å². The number of hydrogen-bond acceptors (Lipinski definition) is 7. The van der Waals surface area contributed by atoms with Crippen LogP contribution >= 0.6 is 12.4 Å². The number of ether oxygens (including phenoxy) is 2. The van der Waals surface area contributed by atoms with Gasteiger partial charge in [0.05, 0.1) is 6.10 Å². The molecule has 10 nitrogen and oxygen atoms in total. The van der Waals surface area contributed by atoms with Crippen molar-refractivity contribution in [1.82, 2.24) is 15.1 Å². The highest BCUT2D eigenvalue weighted by atomic mass is 35.5. The lowest BCUT2D eigenvalue weighted by Crippen LogP contribution is -2.75. The summed E-state index contributed by atoms with van der Waals surface area (Å²) in [4.78, 5) is 43.6. The summed E-state index contributed by atoms with van der Waals surface area (Å²) in [6.45, 7) is 9.57. The number of unbranched alkanes of at least 4 members (excludes halogenated alkanes) is 1. The van der Waals surface area contributed by atoms with Gasteiger partial charge in [0.15, 0.2) is 0 Å². The van der Waals surface area contributed by atoms with Gasteiger partial charge in [-0.15, -0.1) is 12.4 Å². The van der Waals surface area contributed by atoms with Crippen LogP contribution in [0.4, 0.5) is 5.69 Å². The van der Waals surface area contributed by atoms with Gasteiger partial charge in [-0.2, -0.15) is 0 Å². The number of nitrogens with one attached hydrogen (secondary N) is 2. The zero-order chi connectivity index (χ0) is 32.0. The maximum atomic E-state index is 13.8. The number of likely N-dealkylation sites (tertiary alicyclic amines) is 1. The predicted octanol–water partition coefficient (Wildman–Crippen LogP) is 4.74. The second-order valence-corrected chi connectivity index (χ2v) is 13.0. The zero-order valence-corrected chi connectivity index (χ0v) is 28.0. The molecule has 11 heteroatoms. The number of anilines is 1. The first-order chi connectivity index (χ1) is 21.7. The largest absolute Gasteiger partial charge is 0.457 e. The Balaban J connectivity index is 0.00000480. The van der Waals surface area contributed by atoms with Gasteiger partial charge >= 0.3 is 0 Å². The highest BCUT2D eigenvalue weighted by Gasteiger charge is 2.55. The van der Waals surface area contributed by atoms with Crippen LogP contribution in [0.2, 0.25) is 0 Å². The molecule has 0 aromatic heterocycles. The predicted molar refractivity (Wildman–Crippen MR) is 179 cm³/mol. The molecule has 3 fully saturated rings. The number of piperidine rings is 1. The van der Waals surface area contributed by atoms with Crippen molar-refractivity contribution in [2.45, 2.75) is 83.5 Å². The van der Waals surface area contributed by atoms with E-state index in [0.29, 0.717) is 64.3 Å². The molecule has 2 aromatic rings. The maximum absolute atomic E-state index is 13.8. The number of rotatable bonds is 11. The summed E-state index contributed by atoms with van der Waals surface area (Å²) in [5.74, 6) is 0.947. The van der Waals surface area contributed by atoms with Crippen LogP contribution in [-0.4, -0.2) is 83.2 Å². The Kier molecular flexibility index (Phi) is 12.5. The van der Waals surface area contributed by atoms with E-state index in [1.165, 1.54) is 0 Å². The summed E-state index contributed by atoms with van der Waals surface area (Å²) in [6.07, 6.45) is 3.33. The molecule has 3 aliphatic rings. The lowest BCUT2D eigenvalue weighted by molar-refractivity contribution is -0.166. The fourth-order valence-electron chi connectivity index (χ4n) is 6.57. The average Bonchev–Trinajstić information content (AvgIpc) is 3.05. The zero-order valence-electron chi connectivity index (χ0n) is 27.2. The monoisotopic (exact) mass is 656 g/mol. The van der Waals surface area contributed by atoms with Crippen molar-refractivity contribution in [1.29, 1.82) is 0 Å². The summed E-state index contributed by atoms with van der Waals surface area (Å²) in [5.41, 5.74) is 0.992. The van der Waals surface area contributed by atoms with Crippen molar-refractivity contribution >= 4 is 35.8 Å². The molecule has 5 rings (SSSR count). The molecule has 2 aromatic carbocycles. The van der Waals surface area contributed by atoms with E-state index >= 15 is 0 Å². The Morgan fingerprint density at radius 3 is 2.24 bits per heavy atom. The number of halogens is 1. The summed E-state index contributed by atoms with van der Waals surface area (Å²) in [7, 11) is 0. The number of amides is 3. The van der Waals surface area contributed by atoms with E-state index in [1.54, 1.807) is 4.90 Å². The van der Waals surface area contributed by atoms with Crippen LogP contribution in [0.1, 0.15) is 64.9 Å². The fourth-order valence-corrected chi connectivity index (χ4v) is 6.57. The molecular formula is C35H49ClN4O6. The lowest BCUT2D eigenvalue weighted by Gasteiger charge is -2.52. The summed E-state index contributed by atoms with van der Waals surface area (Å²) in [5, 5.41) is 17.0. The van der Waals surface area contributed by atoms with Crippen LogP contribution in [0.15, 0.2) is 48.5 Å². The van der Waals surface area contributed by atoms with Crippen molar-refractivity contribution < 1.29 is 29.0 Å². The topological polar surface area (TPSA) is 120 Å². The van der Waals surface area contributed by atoms with E-state index in [1.807, 2.05) is 62.4 Å². The third-order valence-corrected chi connectivity index (χ3v) is 9.48. The van der Waals surface area contributed by atoms with Crippen LogP contribution in [0.5, 0.6) is 11.5 Å². The molecule has 3 amide bonds. The van der Waals surface area contributed by atoms with E-state index in [2.05, 4.69) is 22.5 Å². The number of hydrogen-bond donors (Lipinski definition) is 3. The van der Waals surface area contributed by atoms with Crippen molar-refractivity contribution in [3.63, 3.8) is 0 Å². The highest BCUT2D eigenvalue weighted by molar-refractivity contribution is 6.00. The molecule has 252 valence electrons. The van der Waals surface area contributed by atoms with Crippen LogP contribution in [0.3, 0.4) is 0 Å². The average molecular weight is 657 g/mol. The highest BCUT2D eigenvalue weighted by Crippen LogP contribution is 2.36. The Hall–Kier alpha value is -3.18. The van der Waals surface area contributed by atoms with Crippen molar-refractivity contribution in [3.8, 4) is 11.5 Å². The molecule has 3 N–H and O–H groups in total. The maximum Gasteiger partial charge on any atom is 0.248 e. The summed E-state index contributed by atoms with van der Waals surface area (Å²) in [6, 6.07) is 14.4.